The number of aliphatic carboxylic acids is 1. The van der Waals surface area contributed by atoms with Crippen LogP contribution < -0.4 is 10.6 Å². The van der Waals surface area contributed by atoms with Crippen LogP contribution >= 0.6 is 0 Å². The number of likely N-dealkylation sites (N-methyl/N-ethyl adjacent to an activating group) is 1. The van der Waals surface area contributed by atoms with Gasteiger partial charge in [0.2, 0.25) is 5.91 Å². The molecule has 1 amide bonds. The number of hydrogen-bond acceptors (Lipinski definition) is 3. The molecule has 16 heavy (non-hydrogen) atoms. The zero-order valence-corrected chi connectivity index (χ0v) is 8.93. The molecule has 0 aliphatic carbocycles. The van der Waals surface area contributed by atoms with Gasteiger partial charge in [0, 0.05) is 0 Å². The molecule has 0 unspecified atom stereocenters. The van der Waals surface area contributed by atoms with Crippen LogP contribution in [0.4, 0.5) is 0 Å². The molecular weight excluding hydrogens is 208 g/mol. The molecule has 5 nitrogen and oxygen atoms in total. The van der Waals surface area contributed by atoms with Crippen LogP contribution in [0.3, 0.4) is 0 Å². The van der Waals surface area contributed by atoms with Crippen LogP contribution in [-0.2, 0) is 9.59 Å². The minimum absolute atomic E-state index is 0.0939. The molecule has 1 atom stereocenters. The average Bonchev–Trinajstić information content (AvgIpc) is 2.27. The molecule has 0 radical (unpaired) electrons. The van der Waals surface area contributed by atoms with Crippen molar-refractivity contribution in [2.75, 3.05) is 13.6 Å². The van der Waals surface area contributed by atoms with Crippen LogP contribution in [0, 0.1) is 0 Å². The summed E-state index contributed by atoms with van der Waals surface area (Å²) in [5, 5.41) is 14.1. The Morgan fingerprint density at radius 3 is 2.44 bits per heavy atom. The Morgan fingerprint density at radius 1 is 1.31 bits per heavy atom. The highest BCUT2D eigenvalue weighted by Gasteiger charge is 2.20. The van der Waals surface area contributed by atoms with Crippen molar-refractivity contribution in [1.82, 2.24) is 10.6 Å². The maximum Gasteiger partial charge on any atom is 0.330 e. The molecule has 5 heteroatoms. The summed E-state index contributed by atoms with van der Waals surface area (Å²) < 4.78 is 0. The summed E-state index contributed by atoms with van der Waals surface area (Å²) in [4.78, 5) is 22.3. The first-order chi connectivity index (χ1) is 7.65. The van der Waals surface area contributed by atoms with Gasteiger partial charge in [-0.1, -0.05) is 30.3 Å². The molecule has 0 heterocycles. The van der Waals surface area contributed by atoms with Crippen molar-refractivity contribution >= 4 is 11.9 Å². The largest absolute Gasteiger partial charge is 0.479 e. The molecule has 1 aromatic rings. The van der Waals surface area contributed by atoms with E-state index in [1.54, 1.807) is 37.4 Å². The maximum atomic E-state index is 11.3. The minimum atomic E-state index is -1.07. The fourth-order valence-electron chi connectivity index (χ4n) is 1.31. The molecule has 0 spiro atoms. The summed E-state index contributed by atoms with van der Waals surface area (Å²) in [5.41, 5.74) is 0.555. The zero-order chi connectivity index (χ0) is 12.0. The summed E-state index contributed by atoms with van der Waals surface area (Å²) >= 11 is 0. The smallest absolute Gasteiger partial charge is 0.330 e. The van der Waals surface area contributed by atoms with E-state index >= 15 is 0 Å². The van der Waals surface area contributed by atoms with Crippen molar-refractivity contribution in [2.24, 2.45) is 0 Å². The molecule has 3 N–H and O–H groups in total. The Bertz CT molecular complexity index is 365. The Kier molecular flexibility index (Phi) is 4.47. The van der Waals surface area contributed by atoms with Crippen LogP contribution in [-0.4, -0.2) is 30.6 Å². The SMILES string of the molecule is CNCC(=O)N[C@@H](C(=O)O)c1ccccc1. The maximum absolute atomic E-state index is 11.3. The lowest BCUT2D eigenvalue weighted by Crippen LogP contribution is -2.38. The molecular formula is C11H14N2O3. The van der Waals surface area contributed by atoms with Crippen molar-refractivity contribution in [2.45, 2.75) is 6.04 Å². The molecule has 86 valence electrons. The van der Waals surface area contributed by atoms with Crippen LogP contribution in [0.15, 0.2) is 30.3 Å². The molecule has 0 bridgehead atoms. The van der Waals surface area contributed by atoms with Gasteiger partial charge in [0.1, 0.15) is 0 Å². The van der Waals surface area contributed by atoms with E-state index in [-0.39, 0.29) is 12.5 Å². The van der Waals surface area contributed by atoms with Crippen molar-refractivity contribution in [1.29, 1.82) is 0 Å². The van der Waals surface area contributed by atoms with Crippen LogP contribution in [0.2, 0.25) is 0 Å². The Labute approximate surface area is 93.5 Å². The van der Waals surface area contributed by atoms with Crippen molar-refractivity contribution in [3.63, 3.8) is 0 Å². The molecule has 0 fully saturated rings. The van der Waals surface area contributed by atoms with E-state index in [9.17, 15) is 9.59 Å². The molecule has 0 aliphatic rings. The van der Waals surface area contributed by atoms with Gasteiger partial charge < -0.3 is 15.7 Å². The van der Waals surface area contributed by atoms with E-state index in [1.807, 2.05) is 0 Å². The van der Waals surface area contributed by atoms with Gasteiger partial charge in [-0.05, 0) is 12.6 Å². The highest BCUT2D eigenvalue weighted by Crippen LogP contribution is 2.12. The second-order valence-electron chi connectivity index (χ2n) is 3.28. The Hall–Kier alpha value is -1.88. The van der Waals surface area contributed by atoms with Crippen molar-refractivity contribution < 1.29 is 14.7 Å². The van der Waals surface area contributed by atoms with Crippen molar-refractivity contribution in [3.05, 3.63) is 35.9 Å². The quantitative estimate of drug-likeness (QED) is 0.662. The number of amides is 1. The van der Waals surface area contributed by atoms with E-state index in [1.165, 1.54) is 0 Å². The fraction of sp³-hybridized carbons (Fsp3) is 0.273. The zero-order valence-electron chi connectivity index (χ0n) is 8.93. The molecule has 0 aliphatic heterocycles. The minimum Gasteiger partial charge on any atom is -0.479 e. The normalized spacial score (nSPS) is 11.8. The molecule has 0 saturated heterocycles. The number of carboxylic acids is 1. The van der Waals surface area contributed by atoms with E-state index < -0.39 is 12.0 Å². The van der Waals surface area contributed by atoms with E-state index in [0.29, 0.717) is 5.56 Å². The van der Waals surface area contributed by atoms with E-state index in [4.69, 9.17) is 5.11 Å². The van der Waals surface area contributed by atoms with Gasteiger partial charge in [0.05, 0.1) is 6.54 Å². The predicted molar refractivity (Wildman–Crippen MR) is 58.9 cm³/mol. The number of carbonyl (C=O) groups excluding carboxylic acids is 1. The highest BCUT2D eigenvalue weighted by atomic mass is 16.4. The lowest BCUT2D eigenvalue weighted by Gasteiger charge is -2.14. The fourth-order valence-corrected chi connectivity index (χ4v) is 1.31. The van der Waals surface area contributed by atoms with Crippen LogP contribution in [0.1, 0.15) is 11.6 Å². The Balaban J connectivity index is 2.77. The second kappa shape index (κ2) is 5.87. The third kappa shape index (κ3) is 3.36. The van der Waals surface area contributed by atoms with Gasteiger partial charge in [0.15, 0.2) is 6.04 Å². The molecule has 0 aromatic heterocycles. The average molecular weight is 222 g/mol. The van der Waals surface area contributed by atoms with Gasteiger partial charge in [-0.3, -0.25) is 4.79 Å². The first kappa shape index (κ1) is 12.2. The topological polar surface area (TPSA) is 78.4 Å². The number of benzene rings is 1. The first-order valence-electron chi connectivity index (χ1n) is 4.87. The van der Waals surface area contributed by atoms with Gasteiger partial charge in [-0.25, -0.2) is 4.79 Å². The summed E-state index contributed by atoms with van der Waals surface area (Å²) in [7, 11) is 1.62. The summed E-state index contributed by atoms with van der Waals surface area (Å²) in [6, 6.07) is 7.58. The number of hydrogen-bond donors (Lipinski definition) is 3. The Morgan fingerprint density at radius 2 is 1.94 bits per heavy atom. The lowest BCUT2D eigenvalue weighted by molar-refractivity contribution is -0.141. The monoisotopic (exact) mass is 222 g/mol. The summed E-state index contributed by atoms with van der Waals surface area (Å²) in [5.74, 6) is -1.42. The predicted octanol–water partition coefficient (Wildman–Crippen LogP) is 0.148. The second-order valence-corrected chi connectivity index (χ2v) is 3.28. The van der Waals surface area contributed by atoms with Crippen LogP contribution in [0.5, 0.6) is 0 Å². The number of carboxylic acid groups (broad SMARTS) is 1. The van der Waals surface area contributed by atoms with E-state index in [2.05, 4.69) is 10.6 Å². The van der Waals surface area contributed by atoms with Gasteiger partial charge in [0.25, 0.3) is 0 Å². The van der Waals surface area contributed by atoms with Gasteiger partial charge in [-0.15, -0.1) is 0 Å². The third-order valence-corrected chi connectivity index (χ3v) is 2.02. The number of nitrogens with one attached hydrogen (secondary N) is 2. The summed E-state index contributed by atoms with van der Waals surface area (Å²) in [6.45, 7) is 0.0939. The first-order valence-corrected chi connectivity index (χ1v) is 4.87. The summed E-state index contributed by atoms with van der Waals surface area (Å²) in [6.07, 6.45) is 0. The van der Waals surface area contributed by atoms with Crippen molar-refractivity contribution in [3.8, 4) is 0 Å². The van der Waals surface area contributed by atoms with Gasteiger partial charge >= 0.3 is 5.97 Å². The standard InChI is InChI=1S/C11H14N2O3/c1-12-7-9(14)13-10(11(15)16)8-5-3-2-4-6-8/h2-6,10,12H,7H2,1H3,(H,13,14)(H,15,16)/t10-/m1/s1. The third-order valence-electron chi connectivity index (χ3n) is 2.02. The van der Waals surface area contributed by atoms with E-state index in [0.717, 1.165) is 0 Å². The van der Waals surface area contributed by atoms with Gasteiger partial charge in [-0.2, -0.15) is 0 Å². The number of carbonyl (C=O) groups is 2. The molecule has 0 saturated carbocycles. The number of rotatable bonds is 5. The molecule has 1 rings (SSSR count). The lowest BCUT2D eigenvalue weighted by atomic mass is 10.1. The molecule has 1 aromatic carbocycles. The highest BCUT2D eigenvalue weighted by molar-refractivity contribution is 5.85. The van der Waals surface area contributed by atoms with Crippen LogP contribution in [0.25, 0.3) is 0 Å².